The zero-order chi connectivity index (χ0) is 15.4. The Morgan fingerprint density at radius 1 is 1.23 bits per heavy atom. The lowest BCUT2D eigenvalue weighted by atomic mass is 10.2. The molecule has 0 N–H and O–H groups in total. The highest BCUT2D eigenvalue weighted by Crippen LogP contribution is 2.18. The smallest absolute Gasteiger partial charge is 0.131 e. The molecule has 0 radical (unpaired) electrons. The van der Waals surface area contributed by atoms with Crippen molar-refractivity contribution in [3.8, 4) is 0 Å². The first kappa shape index (κ1) is 14.9. The third-order valence-electron chi connectivity index (χ3n) is 4.06. The fourth-order valence-electron chi connectivity index (χ4n) is 2.94. The van der Waals surface area contributed by atoms with Gasteiger partial charge in [-0.25, -0.2) is 4.98 Å². The number of aryl methyl sites for hydroxylation is 1. The third-order valence-corrected chi connectivity index (χ3v) is 4.06. The summed E-state index contributed by atoms with van der Waals surface area (Å²) in [6.07, 6.45) is 5.72. The average Bonchev–Trinajstić information content (AvgIpc) is 3.01. The molecule has 0 saturated carbocycles. The van der Waals surface area contributed by atoms with Crippen molar-refractivity contribution in [2.45, 2.75) is 13.8 Å². The lowest BCUT2D eigenvalue weighted by Gasteiger charge is -2.36. The van der Waals surface area contributed by atoms with Crippen LogP contribution in [-0.4, -0.2) is 42.6 Å². The Bertz CT molecular complexity index is 626. The quantitative estimate of drug-likeness (QED) is 0.867. The molecule has 0 aromatic carbocycles. The molecular formula is C18H23N3O. The highest BCUT2D eigenvalue weighted by molar-refractivity contribution is 5.47. The molecule has 22 heavy (non-hydrogen) atoms. The molecule has 1 fully saturated rings. The van der Waals surface area contributed by atoms with E-state index in [1.807, 2.05) is 24.4 Å². The van der Waals surface area contributed by atoms with Gasteiger partial charge in [-0.3, -0.25) is 4.90 Å². The van der Waals surface area contributed by atoms with Crippen LogP contribution in [0.1, 0.15) is 18.2 Å². The number of furan rings is 1. The summed E-state index contributed by atoms with van der Waals surface area (Å²) in [6, 6.07) is 8.04. The van der Waals surface area contributed by atoms with Gasteiger partial charge in [0.15, 0.2) is 0 Å². The van der Waals surface area contributed by atoms with Crippen LogP contribution in [-0.2, 0) is 0 Å². The summed E-state index contributed by atoms with van der Waals surface area (Å²) in [4.78, 5) is 9.40. The first-order chi connectivity index (χ1) is 10.7. The predicted molar refractivity (Wildman–Crippen MR) is 90.0 cm³/mol. The SMILES string of the molecule is C/C(=C\c1ccco1)CN1CCN(c2ncccc2C)CC1. The first-order valence-corrected chi connectivity index (χ1v) is 7.82. The maximum Gasteiger partial charge on any atom is 0.131 e. The van der Waals surface area contributed by atoms with Crippen molar-refractivity contribution in [1.29, 1.82) is 0 Å². The van der Waals surface area contributed by atoms with E-state index in [9.17, 15) is 0 Å². The van der Waals surface area contributed by atoms with Gasteiger partial charge < -0.3 is 9.32 Å². The molecule has 4 nitrogen and oxygen atoms in total. The van der Waals surface area contributed by atoms with E-state index in [0.717, 1.165) is 44.3 Å². The number of nitrogens with zero attached hydrogens (tertiary/aromatic N) is 3. The summed E-state index contributed by atoms with van der Waals surface area (Å²) >= 11 is 0. The van der Waals surface area contributed by atoms with Gasteiger partial charge >= 0.3 is 0 Å². The van der Waals surface area contributed by atoms with Crippen LogP contribution >= 0.6 is 0 Å². The Labute approximate surface area is 132 Å². The van der Waals surface area contributed by atoms with Gasteiger partial charge in [0.25, 0.3) is 0 Å². The highest BCUT2D eigenvalue weighted by Gasteiger charge is 2.19. The Morgan fingerprint density at radius 3 is 2.73 bits per heavy atom. The van der Waals surface area contributed by atoms with Crippen molar-refractivity contribution >= 4 is 11.9 Å². The van der Waals surface area contributed by atoms with Crippen molar-refractivity contribution in [2.75, 3.05) is 37.6 Å². The minimum atomic E-state index is 0.931. The minimum absolute atomic E-state index is 0.931. The van der Waals surface area contributed by atoms with E-state index in [1.165, 1.54) is 11.1 Å². The van der Waals surface area contributed by atoms with Gasteiger partial charge in [0.05, 0.1) is 6.26 Å². The Kier molecular flexibility index (Phi) is 4.59. The first-order valence-electron chi connectivity index (χ1n) is 7.82. The molecule has 0 spiro atoms. The average molecular weight is 297 g/mol. The van der Waals surface area contributed by atoms with Crippen molar-refractivity contribution in [1.82, 2.24) is 9.88 Å². The Hall–Kier alpha value is -2.07. The molecule has 2 aromatic heterocycles. The monoisotopic (exact) mass is 297 g/mol. The number of pyridine rings is 1. The van der Waals surface area contributed by atoms with Gasteiger partial charge in [0.2, 0.25) is 0 Å². The second-order valence-electron chi connectivity index (χ2n) is 5.91. The van der Waals surface area contributed by atoms with Crippen molar-refractivity contribution < 1.29 is 4.42 Å². The molecular weight excluding hydrogens is 274 g/mol. The summed E-state index contributed by atoms with van der Waals surface area (Å²) < 4.78 is 5.37. The van der Waals surface area contributed by atoms with Gasteiger partial charge in [-0.1, -0.05) is 11.6 Å². The number of anilines is 1. The molecule has 0 unspecified atom stereocenters. The lowest BCUT2D eigenvalue weighted by molar-refractivity contribution is 0.278. The van der Waals surface area contributed by atoms with Crippen LogP contribution in [0.15, 0.2) is 46.7 Å². The van der Waals surface area contributed by atoms with Crippen LogP contribution in [0.2, 0.25) is 0 Å². The van der Waals surface area contributed by atoms with Gasteiger partial charge in [-0.15, -0.1) is 0 Å². The standard InChI is InChI=1S/C18H23N3O/c1-15(13-17-6-4-12-22-17)14-20-8-10-21(11-9-20)18-16(2)5-3-7-19-18/h3-7,12-13H,8-11,14H2,1-2H3/b15-13+. The molecule has 0 amide bonds. The molecule has 3 rings (SSSR count). The number of hydrogen-bond acceptors (Lipinski definition) is 4. The molecule has 4 heteroatoms. The summed E-state index contributed by atoms with van der Waals surface area (Å²) in [5.41, 5.74) is 2.59. The normalized spacial score (nSPS) is 17.0. The van der Waals surface area contributed by atoms with E-state index in [4.69, 9.17) is 4.42 Å². The van der Waals surface area contributed by atoms with E-state index in [-0.39, 0.29) is 0 Å². The minimum Gasteiger partial charge on any atom is -0.465 e. The fraction of sp³-hybridized carbons (Fsp3) is 0.389. The topological polar surface area (TPSA) is 32.5 Å². The number of piperazine rings is 1. The molecule has 1 aliphatic heterocycles. The second kappa shape index (κ2) is 6.79. The van der Waals surface area contributed by atoms with Crippen LogP contribution in [0.5, 0.6) is 0 Å². The molecule has 3 heterocycles. The summed E-state index contributed by atoms with van der Waals surface area (Å²) in [5.74, 6) is 2.06. The van der Waals surface area contributed by atoms with Gasteiger partial charge in [-0.2, -0.15) is 0 Å². The fourth-order valence-corrected chi connectivity index (χ4v) is 2.94. The zero-order valence-corrected chi connectivity index (χ0v) is 13.3. The van der Waals surface area contributed by atoms with Crippen LogP contribution in [0.3, 0.4) is 0 Å². The summed E-state index contributed by atoms with van der Waals surface area (Å²) in [6.45, 7) is 9.49. The number of aromatic nitrogens is 1. The molecule has 0 atom stereocenters. The van der Waals surface area contributed by atoms with Crippen LogP contribution in [0.25, 0.3) is 6.08 Å². The molecule has 2 aromatic rings. The van der Waals surface area contributed by atoms with E-state index in [1.54, 1.807) is 6.26 Å². The van der Waals surface area contributed by atoms with Gasteiger partial charge in [0.1, 0.15) is 11.6 Å². The zero-order valence-electron chi connectivity index (χ0n) is 13.3. The van der Waals surface area contributed by atoms with Crippen LogP contribution < -0.4 is 4.90 Å². The van der Waals surface area contributed by atoms with Crippen LogP contribution in [0.4, 0.5) is 5.82 Å². The molecule has 1 aliphatic rings. The van der Waals surface area contributed by atoms with Crippen LogP contribution in [0, 0.1) is 6.92 Å². The molecule has 1 saturated heterocycles. The van der Waals surface area contributed by atoms with E-state index < -0.39 is 0 Å². The summed E-state index contributed by atoms with van der Waals surface area (Å²) in [5, 5.41) is 0. The third kappa shape index (κ3) is 3.57. The van der Waals surface area contributed by atoms with Gasteiger partial charge in [0, 0.05) is 38.9 Å². The maximum absolute atomic E-state index is 5.37. The highest BCUT2D eigenvalue weighted by atomic mass is 16.3. The van der Waals surface area contributed by atoms with Gasteiger partial charge in [-0.05, 0) is 43.7 Å². The van der Waals surface area contributed by atoms with E-state index in [0.29, 0.717) is 0 Å². The Balaban J connectivity index is 1.55. The number of hydrogen-bond donors (Lipinski definition) is 0. The van der Waals surface area contributed by atoms with E-state index in [2.05, 4.69) is 40.8 Å². The second-order valence-corrected chi connectivity index (χ2v) is 5.91. The molecule has 0 bridgehead atoms. The van der Waals surface area contributed by atoms with Crippen molar-refractivity contribution in [2.24, 2.45) is 0 Å². The van der Waals surface area contributed by atoms with Crippen molar-refractivity contribution in [3.63, 3.8) is 0 Å². The van der Waals surface area contributed by atoms with Crippen molar-refractivity contribution in [3.05, 3.63) is 53.6 Å². The maximum atomic E-state index is 5.37. The molecule has 0 aliphatic carbocycles. The molecule has 116 valence electrons. The largest absolute Gasteiger partial charge is 0.465 e. The predicted octanol–water partition coefficient (Wildman–Crippen LogP) is 3.21. The van der Waals surface area contributed by atoms with E-state index >= 15 is 0 Å². The summed E-state index contributed by atoms with van der Waals surface area (Å²) in [7, 11) is 0. The number of rotatable bonds is 4. The Morgan fingerprint density at radius 2 is 2.05 bits per heavy atom. The lowest BCUT2D eigenvalue weighted by Crippen LogP contribution is -2.47.